The van der Waals surface area contributed by atoms with Crippen LogP contribution in [0.4, 0.5) is 5.69 Å². The third-order valence-corrected chi connectivity index (χ3v) is 18.8. The van der Waals surface area contributed by atoms with Gasteiger partial charge in [-0.2, -0.15) is 0 Å². The summed E-state index contributed by atoms with van der Waals surface area (Å²) < 4.78 is 23.6. The zero-order chi connectivity index (χ0) is 78.0. The van der Waals surface area contributed by atoms with E-state index in [2.05, 4.69) is 64.8 Å². The van der Waals surface area contributed by atoms with Crippen LogP contribution in [0.2, 0.25) is 0 Å². The number of aliphatic carboxylic acids is 1. The summed E-state index contributed by atoms with van der Waals surface area (Å²) in [6, 6.07) is 19.4. The lowest BCUT2D eigenvalue weighted by Crippen LogP contribution is -2.54. The zero-order valence-corrected chi connectivity index (χ0v) is 64.2. The number of nitrogens with two attached hydrogens (primary N) is 4. The SMILES string of the molecule is NC(=O)CN1CCN(CC(N)=O)CCN(CC(N)=O)C(Cc2ccc(NC(=S)NCCCC[C@H](NC(=O)CCOCCOCCOCCNC(=O)COc3ccc4c(C(=O)NCC(=O)N5CCCC5)ccnc4c3)C(=O)N[C@@H](CCCCNC(=O)CCCc3ccc(I)cc3)C(=O)O)cc2)CN(CC(N)=O)CC1. The Labute approximate surface area is 648 Å². The van der Waals surface area contributed by atoms with Crippen LogP contribution in [0.25, 0.3) is 10.9 Å². The number of benzene rings is 3. The summed E-state index contributed by atoms with van der Waals surface area (Å²) >= 11 is 7.88. The maximum atomic E-state index is 13.9. The first kappa shape index (κ1) is 88.1. The van der Waals surface area contributed by atoms with E-state index in [9.17, 15) is 57.8 Å². The fourth-order valence-electron chi connectivity index (χ4n) is 12.2. The number of primary amides is 4. The van der Waals surface area contributed by atoms with Crippen molar-refractivity contribution >= 4 is 122 Å². The average molecular weight is 1640 g/mol. The van der Waals surface area contributed by atoms with Crippen molar-refractivity contribution in [3.05, 3.63) is 99.3 Å². The Hall–Kier alpha value is -8.82. The van der Waals surface area contributed by atoms with Gasteiger partial charge in [0.25, 0.3) is 11.8 Å². The van der Waals surface area contributed by atoms with E-state index in [-0.39, 0.29) is 129 Å². The molecule has 3 heterocycles. The number of aryl methyl sites for hydroxylation is 1. The molecule has 0 saturated carbocycles. The first-order valence-electron chi connectivity index (χ1n) is 36.6. The summed E-state index contributed by atoms with van der Waals surface area (Å²) in [5, 5.41) is 31.1. The number of hydrogen-bond donors (Lipinski definition) is 12. The predicted molar refractivity (Wildman–Crippen MR) is 416 cm³/mol. The van der Waals surface area contributed by atoms with Crippen molar-refractivity contribution in [2.24, 2.45) is 22.9 Å². The lowest BCUT2D eigenvalue weighted by molar-refractivity contribution is -0.142. The number of thiocarbonyl (C=S) groups is 1. The molecular formula is C73H106IN17O16S. The molecule has 33 nitrogen and oxygen atoms in total. The number of fused-ring (bicyclic) bond motifs is 1. The van der Waals surface area contributed by atoms with Crippen LogP contribution < -0.4 is 64.9 Å². The van der Waals surface area contributed by atoms with Gasteiger partial charge in [-0.1, -0.05) is 24.3 Å². The molecule has 4 aromatic rings. The van der Waals surface area contributed by atoms with Crippen molar-refractivity contribution in [1.29, 1.82) is 0 Å². The van der Waals surface area contributed by atoms with Crippen molar-refractivity contribution in [1.82, 2.24) is 61.4 Å². The molecule has 0 radical (unpaired) electrons. The number of aromatic nitrogens is 1. The zero-order valence-electron chi connectivity index (χ0n) is 61.3. The minimum atomic E-state index is -1.27. The van der Waals surface area contributed by atoms with E-state index in [4.69, 9.17) is 54.1 Å². The number of carbonyl (C=O) groups is 11. The standard InChI is InChI=1S/C73H106IN17O16S/c74-53-16-12-51(13-17-53)8-7-11-66(96)80-24-3-2-10-60(72(102)103)86-71(101)59(85-67(97)23-36-104-38-40-106-41-39-105-37-27-81-68(98)50-107-56-20-21-57-58(22-26-79-61(57)43-56)70(100)83-44-69(99)90-28-5-6-29-90)9-1-4-25-82-73(108)84-54-18-14-52(15-19-54)42-55-45-89(48-64(77)94)33-32-87(46-62(75)92)30-31-88(47-63(76)93)34-35-91(55)49-65(78)95/h12-22,26,43,55,59-60H,1-11,23-25,27-42,44-50H2,(H2,75,92)(H2,76,93)(H2,77,94)(H2,78,95)(H,80,96)(H,81,98)(H,83,100)(H,85,97)(H,86,101)(H,102,103)(H2,82,84,108)/t55?,59-,60-/m0/s1. The molecule has 0 bridgehead atoms. The van der Waals surface area contributed by atoms with E-state index >= 15 is 0 Å². The van der Waals surface area contributed by atoms with Gasteiger partial charge in [0.15, 0.2) is 11.7 Å². The third kappa shape index (κ3) is 35.5. The number of nitrogens with zero attached hydrogens (tertiary/aromatic N) is 6. The van der Waals surface area contributed by atoms with Crippen molar-refractivity contribution in [3.63, 3.8) is 0 Å². The van der Waals surface area contributed by atoms with E-state index in [1.165, 1.54) is 6.20 Å². The predicted octanol–water partition coefficient (Wildman–Crippen LogP) is -0.279. The number of carboxylic acids is 1. The van der Waals surface area contributed by atoms with E-state index in [1.54, 1.807) is 29.2 Å². The molecule has 3 aromatic carbocycles. The van der Waals surface area contributed by atoms with Gasteiger partial charge in [0, 0.05) is 124 Å². The van der Waals surface area contributed by atoms with Crippen molar-refractivity contribution < 1.29 is 76.8 Å². The van der Waals surface area contributed by atoms with Crippen LogP contribution in [0, 0.1) is 3.57 Å². The third-order valence-electron chi connectivity index (χ3n) is 17.8. The number of hydrogen-bond acceptors (Lipinski definition) is 21. The molecule has 2 aliphatic rings. The number of anilines is 1. The number of halogens is 1. The molecule has 1 unspecified atom stereocenters. The van der Waals surface area contributed by atoms with Gasteiger partial charge < -0.3 is 89.1 Å². The lowest BCUT2D eigenvalue weighted by atomic mass is 10.0. The van der Waals surface area contributed by atoms with E-state index in [0.717, 1.165) is 34.0 Å². The minimum absolute atomic E-state index is 0.00421. The van der Waals surface area contributed by atoms with Gasteiger partial charge in [0.1, 0.15) is 17.8 Å². The molecule has 0 spiro atoms. The summed E-state index contributed by atoms with van der Waals surface area (Å²) in [6.45, 7) is 4.99. The number of carbonyl (C=O) groups excluding carboxylic acids is 10. The second-order valence-electron chi connectivity index (χ2n) is 26.4. The molecule has 35 heteroatoms. The number of rotatable bonds is 47. The molecular weight excluding hydrogens is 1530 g/mol. The molecule has 1 aromatic heterocycles. The summed E-state index contributed by atoms with van der Waals surface area (Å²) in [5.41, 5.74) is 26.2. The van der Waals surface area contributed by atoms with Gasteiger partial charge in [-0.25, -0.2) is 4.79 Å². The first-order valence-corrected chi connectivity index (χ1v) is 38.0. The van der Waals surface area contributed by atoms with Crippen LogP contribution >= 0.6 is 34.8 Å². The normalized spacial score (nSPS) is 15.3. The van der Waals surface area contributed by atoms with Gasteiger partial charge in [0.05, 0.1) is 83.4 Å². The van der Waals surface area contributed by atoms with Crippen LogP contribution in [0.3, 0.4) is 0 Å². The summed E-state index contributed by atoms with van der Waals surface area (Å²) in [4.78, 5) is 153. The lowest BCUT2D eigenvalue weighted by Gasteiger charge is -2.38. The topological polar surface area (TPSA) is 462 Å². The summed E-state index contributed by atoms with van der Waals surface area (Å²) in [5.74, 6) is -5.25. The number of carboxylic acid groups (broad SMARTS) is 1. The van der Waals surface area contributed by atoms with Crippen LogP contribution in [0.1, 0.15) is 92.1 Å². The molecule has 2 fully saturated rings. The molecule has 0 aliphatic carbocycles. The van der Waals surface area contributed by atoms with E-state index in [0.29, 0.717) is 150 Å². The Kier molecular flexibility index (Phi) is 40.2. The smallest absolute Gasteiger partial charge is 0.326 e. The fourth-order valence-corrected chi connectivity index (χ4v) is 12.8. The van der Waals surface area contributed by atoms with Gasteiger partial charge in [-0.05, 0) is 159 Å². The fraction of sp³-hybridized carbons (Fsp3) is 0.548. The Morgan fingerprint density at radius 2 is 1.16 bits per heavy atom. The Morgan fingerprint density at radius 3 is 1.81 bits per heavy atom. The molecule has 6 rings (SSSR count). The minimum Gasteiger partial charge on any atom is -0.484 e. The number of pyridine rings is 1. The molecule has 16 N–H and O–H groups in total. The molecule has 108 heavy (non-hydrogen) atoms. The Morgan fingerprint density at radius 1 is 0.574 bits per heavy atom. The van der Waals surface area contributed by atoms with Crippen LogP contribution in [-0.4, -0.2) is 280 Å². The van der Waals surface area contributed by atoms with E-state index < -0.39 is 59.4 Å². The van der Waals surface area contributed by atoms with Crippen molar-refractivity contribution in [2.45, 2.75) is 102 Å². The highest BCUT2D eigenvalue weighted by molar-refractivity contribution is 14.1. The number of ether oxygens (including phenoxy) is 4. The molecule has 3 atom stereocenters. The van der Waals surface area contributed by atoms with Gasteiger partial charge in [0.2, 0.25) is 47.3 Å². The maximum Gasteiger partial charge on any atom is 0.326 e. The largest absolute Gasteiger partial charge is 0.484 e. The quantitative estimate of drug-likeness (QED) is 0.0154. The van der Waals surface area contributed by atoms with Crippen molar-refractivity contribution in [2.75, 3.05) is 163 Å². The number of likely N-dealkylation sites (tertiary alicyclic amines) is 1. The number of nitrogens with one attached hydrogen (secondary N) is 7. The number of amides is 10. The van der Waals surface area contributed by atoms with Crippen LogP contribution in [-0.2, 0) is 75.0 Å². The molecule has 592 valence electrons. The molecule has 2 aliphatic heterocycles. The monoisotopic (exact) mass is 1640 g/mol. The Balaban J connectivity index is 0.919. The second-order valence-corrected chi connectivity index (χ2v) is 28.1. The molecule has 2 saturated heterocycles. The second kappa shape index (κ2) is 49.3. The van der Waals surface area contributed by atoms with Gasteiger partial charge >= 0.3 is 5.97 Å². The van der Waals surface area contributed by atoms with Crippen molar-refractivity contribution in [3.8, 4) is 5.75 Å². The van der Waals surface area contributed by atoms with Crippen LogP contribution in [0.15, 0.2) is 79.0 Å². The highest BCUT2D eigenvalue weighted by Gasteiger charge is 2.29. The molecule has 10 amide bonds. The average Bonchev–Trinajstić information content (AvgIpc) is 1.14. The van der Waals surface area contributed by atoms with E-state index in [1.807, 2.05) is 68.1 Å². The number of unbranched alkanes of at least 4 members (excludes halogenated alkanes) is 2. The highest BCUT2D eigenvalue weighted by Crippen LogP contribution is 2.23. The van der Waals surface area contributed by atoms with Gasteiger partial charge in [-0.3, -0.25) is 72.5 Å². The summed E-state index contributed by atoms with van der Waals surface area (Å²) in [7, 11) is 0. The summed E-state index contributed by atoms with van der Waals surface area (Å²) in [6.07, 6.45) is 7.49. The highest BCUT2D eigenvalue weighted by atomic mass is 127. The maximum absolute atomic E-state index is 13.9. The Bertz CT molecular complexity index is 3580. The van der Waals surface area contributed by atoms with Gasteiger partial charge in [-0.15, -0.1) is 0 Å². The first-order chi connectivity index (χ1) is 52.0. The van der Waals surface area contributed by atoms with Crippen LogP contribution in [0.5, 0.6) is 5.75 Å².